The number of methoxy groups -OCH3 is 1. The number of anilines is 1. The van der Waals surface area contributed by atoms with Crippen LogP contribution in [0.3, 0.4) is 0 Å². The maximum atomic E-state index is 9.55. The van der Waals surface area contributed by atoms with E-state index in [2.05, 4.69) is 17.2 Å². The Kier molecular flexibility index (Phi) is 10.7. The highest BCUT2D eigenvalue weighted by Gasteiger charge is 2.15. The van der Waals surface area contributed by atoms with Crippen LogP contribution < -0.4 is 20.5 Å². The minimum absolute atomic E-state index is 0.316. The number of nitrogens with zero attached hydrogens (tertiary/aromatic N) is 1. The summed E-state index contributed by atoms with van der Waals surface area (Å²) in [5.74, 6) is -1.05. The van der Waals surface area contributed by atoms with Crippen LogP contribution in [0, 0.1) is 0 Å². The van der Waals surface area contributed by atoms with Crippen molar-refractivity contribution in [1.82, 2.24) is 4.98 Å². The van der Waals surface area contributed by atoms with E-state index in [9.17, 15) is 9.59 Å². The lowest BCUT2D eigenvalue weighted by molar-refractivity contribution is -0.134. The number of fused-ring (bicyclic) bond motifs is 1. The first-order chi connectivity index (χ1) is 14.3. The fourth-order valence-electron chi connectivity index (χ4n) is 2.66. The number of benzene rings is 1. The molecule has 30 heavy (non-hydrogen) atoms. The van der Waals surface area contributed by atoms with Crippen molar-refractivity contribution < 1.29 is 29.3 Å². The maximum Gasteiger partial charge on any atom is 0.328 e. The van der Waals surface area contributed by atoms with Gasteiger partial charge in [-0.25, -0.2) is 9.59 Å². The number of hydrogen-bond donors (Lipinski definition) is 4. The van der Waals surface area contributed by atoms with Gasteiger partial charge < -0.3 is 30.7 Å². The zero-order chi connectivity index (χ0) is 22.5. The molecule has 1 aromatic heterocycles. The van der Waals surface area contributed by atoms with Crippen LogP contribution in [0.25, 0.3) is 10.9 Å². The van der Waals surface area contributed by atoms with Crippen LogP contribution >= 0.6 is 0 Å². The van der Waals surface area contributed by atoms with E-state index in [1.54, 1.807) is 13.3 Å². The van der Waals surface area contributed by atoms with Crippen LogP contribution in [0.5, 0.6) is 11.5 Å². The lowest BCUT2D eigenvalue weighted by atomic mass is 10.1. The Morgan fingerprint density at radius 3 is 2.50 bits per heavy atom. The van der Waals surface area contributed by atoms with E-state index in [4.69, 9.17) is 25.4 Å². The standard InChI is InChI=1S/C17H25N3O2.C4H4O4/c1-4-22-17-13-8-6-10-19-16(13)14(11-15(17)21-3)20-12(2)7-5-9-18;5-3(6)1-2-4(7)8/h6,8,10-12,20H,4-5,7,9,18H2,1-3H3;1-2H,(H,5,6)(H,7,8). The van der Waals surface area contributed by atoms with Gasteiger partial charge in [-0.3, -0.25) is 4.98 Å². The molecule has 2 aromatic rings. The Labute approximate surface area is 175 Å². The molecule has 0 amide bonds. The fraction of sp³-hybridized carbons (Fsp3) is 0.381. The molecule has 0 spiro atoms. The number of ether oxygens (including phenoxy) is 2. The Balaban J connectivity index is 0.000000479. The van der Waals surface area contributed by atoms with Crippen LogP contribution in [0.15, 0.2) is 36.5 Å². The van der Waals surface area contributed by atoms with E-state index < -0.39 is 11.9 Å². The molecule has 0 radical (unpaired) electrons. The van der Waals surface area contributed by atoms with Gasteiger partial charge in [0.15, 0.2) is 11.5 Å². The summed E-state index contributed by atoms with van der Waals surface area (Å²) in [5, 5.41) is 20.1. The fourth-order valence-corrected chi connectivity index (χ4v) is 2.66. The summed E-state index contributed by atoms with van der Waals surface area (Å²) in [6, 6.07) is 6.19. The average Bonchev–Trinajstić information content (AvgIpc) is 2.72. The second-order valence-corrected chi connectivity index (χ2v) is 6.27. The molecule has 0 fully saturated rings. The van der Waals surface area contributed by atoms with Crippen LogP contribution in [-0.4, -0.2) is 53.4 Å². The lowest BCUT2D eigenvalue weighted by Crippen LogP contribution is -2.17. The molecule has 9 nitrogen and oxygen atoms in total. The molecule has 164 valence electrons. The third kappa shape index (κ3) is 7.96. The minimum atomic E-state index is -1.26. The van der Waals surface area contributed by atoms with Gasteiger partial charge in [-0.2, -0.15) is 0 Å². The predicted molar refractivity (Wildman–Crippen MR) is 115 cm³/mol. The smallest absolute Gasteiger partial charge is 0.328 e. The normalized spacial score (nSPS) is 11.5. The van der Waals surface area contributed by atoms with E-state index in [0.29, 0.717) is 31.3 Å². The zero-order valence-electron chi connectivity index (χ0n) is 17.4. The number of aromatic nitrogens is 1. The van der Waals surface area contributed by atoms with Gasteiger partial charge in [-0.05, 0) is 45.4 Å². The highest BCUT2D eigenvalue weighted by atomic mass is 16.5. The van der Waals surface area contributed by atoms with Gasteiger partial charge in [0.05, 0.1) is 24.9 Å². The van der Waals surface area contributed by atoms with Crippen molar-refractivity contribution in [3.63, 3.8) is 0 Å². The van der Waals surface area contributed by atoms with Crippen LogP contribution in [0.1, 0.15) is 26.7 Å². The molecule has 9 heteroatoms. The number of aliphatic carboxylic acids is 2. The van der Waals surface area contributed by atoms with Gasteiger partial charge in [-0.15, -0.1) is 0 Å². The predicted octanol–water partition coefficient (Wildman–Crippen LogP) is 2.89. The molecule has 1 unspecified atom stereocenters. The van der Waals surface area contributed by atoms with E-state index >= 15 is 0 Å². The molecule has 2 rings (SSSR count). The van der Waals surface area contributed by atoms with Gasteiger partial charge >= 0.3 is 11.9 Å². The quantitative estimate of drug-likeness (QED) is 0.427. The first kappa shape index (κ1) is 24.7. The highest BCUT2D eigenvalue weighted by molar-refractivity contribution is 5.97. The molecule has 5 N–H and O–H groups in total. The van der Waals surface area contributed by atoms with Crippen LogP contribution in [0.4, 0.5) is 5.69 Å². The number of nitrogens with one attached hydrogen (secondary N) is 1. The number of hydrogen-bond acceptors (Lipinski definition) is 7. The van der Waals surface area contributed by atoms with Crippen LogP contribution in [-0.2, 0) is 9.59 Å². The molecule has 0 saturated carbocycles. The summed E-state index contributed by atoms with van der Waals surface area (Å²) in [5.41, 5.74) is 7.44. The second-order valence-electron chi connectivity index (χ2n) is 6.27. The summed E-state index contributed by atoms with van der Waals surface area (Å²) in [4.78, 5) is 23.6. The van der Waals surface area contributed by atoms with Crippen molar-refractivity contribution in [3.05, 3.63) is 36.5 Å². The van der Waals surface area contributed by atoms with E-state index in [0.717, 1.165) is 40.9 Å². The molecule has 0 aliphatic rings. The van der Waals surface area contributed by atoms with Crippen LogP contribution in [0.2, 0.25) is 0 Å². The summed E-state index contributed by atoms with van der Waals surface area (Å²) in [6.07, 6.45) is 4.92. The number of carboxylic acid groups (broad SMARTS) is 2. The Morgan fingerprint density at radius 2 is 1.97 bits per heavy atom. The Morgan fingerprint density at radius 1 is 1.30 bits per heavy atom. The Hall–Kier alpha value is -3.33. The molecule has 0 aliphatic carbocycles. The van der Waals surface area contributed by atoms with E-state index in [1.807, 2.05) is 25.1 Å². The van der Waals surface area contributed by atoms with Gasteiger partial charge in [-0.1, -0.05) is 0 Å². The second kappa shape index (κ2) is 13.0. The molecule has 0 aliphatic heterocycles. The maximum absolute atomic E-state index is 9.55. The lowest BCUT2D eigenvalue weighted by Gasteiger charge is -2.19. The SMILES string of the molecule is CCOc1c(OC)cc(NC(C)CCCN)c2ncccc12.O=C(O)C=CC(=O)O. The molecule has 1 heterocycles. The third-order valence-electron chi connectivity index (χ3n) is 3.93. The van der Waals surface area contributed by atoms with Crippen molar-refractivity contribution in [3.8, 4) is 11.5 Å². The molecular formula is C21H29N3O6. The molecule has 0 saturated heterocycles. The number of carbonyl (C=O) groups is 2. The average molecular weight is 419 g/mol. The number of carboxylic acids is 2. The summed E-state index contributed by atoms with van der Waals surface area (Å²) in [6.45, 7) is 5.40. The first-order valence-electron chi connectivity index (χ1n) is 9.53. The number of pyridine rings is 1. The van der Waals surface area contributed by atoms with Gasteiger partial charge in [0, 0.05) is 35.8 Å². The number of nitrogens with two attached hydrogens (primary N) is 1. The molecule has 1 aromatic carbocycles. The van der Waals surface area contributed by atoms with Gasteiger partial charge in [0.2, 0.25) is 0 Å². The Bertz CT molecular complexity index is 853. The third-order valence-corrected chi connectivity index (χ3v) is 3.93. The molecule has 1 atom stereocenters. The molecule has 0 bridgehead atoms. The summed E-state index contributed by atoms with van der Waals surface area (Å²) < 4.78 is 11.3. The van der Waals surface area contributed by atoms with Gasteiger partial charge in [0.25, 0.3) is 0 Å². The summed E-state index contributed by atoms with van der Waals surface area (Å²) in [7, 11) is 1.65. The van der Waals surface area contributed by atoms with Crippen molar-refractivity contribution in [2.75, 3.05) is 25.6 Å². The topological polar surface area (TPSA) is 144 Å². The van der Waals surface area contributed by atoms with Crippen molar-refractivity contribution >= 4 is 28.5 Å². The van der Waals surface area contributed by atoms with Crippen molar-refractivity contribution in [2.24, 2.45) is 5.73 Å². The van der Waals surface area contributed by atoms with E-state index in [1.165, 1.54) is 0 Å². The van der Waals surface area contributed by atoms with Crippen molar-refractivity contribution in [1.29, 1.82) is 0 Å². The zero-order valence-corrected chi connectivity index (χ0v) is 17.4. The molecular weight excluding hydrogens is 390 g/mol. The number of rotatable bonds is 10. The monoisotopic (exact) mass is 419 g/mol. The van der Waals surface area contributed by atoms with Crippen molar-refractivity contribution in [2.45, 2.75) is 32.7 Å². The first-order valence-corrected chi connectivity index (χ1v) is 9.53. The highest BCUT2D eigenvalue weighted by Crippen LogP contribution is 2.39. The van der Waals surface area contributed by atoms with Gasteiger partial charge in [0.1, 0.15) is 0 Å². The van der Waals surface area contributed by atoms with E-state index in [-0.39, 0.29) is 0 Å². The minimum Gasteiger partial charge on any atom is -0.493 e. The largest absolute Gasteiger partial charge is 0.493 e. The summed E-state index contributed by atoms with van der Waals surface area (Å²) >= 11 is 0.